The van der Waals surface area contributed by atoms with E-state index in [0.29, 0.717) is 17.8 Å². The molecule has 1 aliphatic rings. The van der Waals surface area contributed by atoms with Crippen LogP contribution in [-0.2, 0) is 21.3 Å². The van der Waals surface area contributed by atoms with E-state index >= 15 is 0 Å². The van der Waals surface area contributed by atoms with Crippen LogP contribution < -0.4 is 15.9 Å². The van der Waals surface area contributed by atoms with Crippen LogP contribution in [0, 0.1) is 0 Å². The maximum Gasteiger partial charge on any atom is 0.491 e. The molecule has 0 atom stereocenters. The van der Waals surface area contributed by atoms with Crippen molar-refractivity contribution in [1.82, 2.24) is 4.98 Å². The van der Waals surface area contributed by atoms with Crippen molar-refractivity contribution in [1.29, 1.82) is 0 Å². The highest BCUT2D eigenvalue weighted by atomic mass is 32.2. The molecule has 1 aromatic carbocycles. The first kappa shape index (κ1) is 13.9. The molecule has 0 radical (unpaired) electrons. The first-order valence-corrected chi connectivity index (χ1v) is 7.60. The van der Waals surface area contributed by atoms with E-state index in [0.717, 1.165) is 5.56 Å². The molecule has 0 saturated heterocycles. The third-order valence-electron chi connectivity index (χ3n) is 3.11. The lowest BCUT2D eigenvalue weighted by molar-refractivity contribution is 0.275. The first-order chi connectivity index (χ1) is 9.95. The number of nitrogens with one attached hydrogen (secondary N) is 1. The largest absolute Gasteiger partial charge is 0.491 e. The van der Waals surface area contributed by atoms with Gasteiger partial charge in [-0.2, -0.15) is 0 Å². The highest BCUT2D eigenvalue weighted by Crippen LogP contribution is 2.19. The van der Waals surface area contributed by atoms with Crippen LogP contribution in [0.5, 0.6) is 0 Å². The van der Waals surface area contributed by atoms with Gasteiger partial charge in [-0.3, -0.25) is 9.71 Å². The predicted molar refractivity (Wildman–Crippen MR) is 78.3 cm³/mol. The first-order valence-electron chi connectivity index (χ1n) is 6.11. The van der Waals surface area contributed by atoms with Crippen molar-refractivity contribution in [2.24, 2.45) is 0 Å². The molecule has 108 valence electrons. The molecule has 2 heterocycles. The van der Waals surface area contributed by atoms with Gasteiger partial charge in [0, 0.05) is 18.1 Å². The van der Waals surface area contributed by atoms with E-state index in [4.69, 9.17) is 10.4 Å². The fraction of sp³-hybridized carbons (Fsp3) is 0.0833. The quantitative estimate of drug-likeness (QED) is 0.670. The third-order valence-corrected chi connectivity index (χ3v) is 4.45. The van der Waals surface area contributed by atoms with Gasteiger partial charge in [0.15, 0.2) is 0 Å². The predicted octanol–water partition coefficient (Wildman–Crippen LogP) is -0.318. The molecule has 3 rings (SSSR count). The minimum atomic E-state index is -3.79. The van der Waals surface area contributed by atoms with E-state index in [1.54, 1.807) is 18.2 Å². The summed E-state index contributed by atoms with van der Waals surface area (Å²) in [7, 11) is -4.81. The van der Waals surface area contributed by atoms with Crippen LogP contribution in [0.3, 0.4) is 0 Å². The van der Waals surface area contributed by atoms with Crippen LogP contribution in [0.25, 0.3) is 0 Å². The van der Waals surface area contributed by atoms with Crippen molar-refractivity contribution in [2.75, 3.05) is 10.5 Å². The molecule has 0 spiro atoms. The number of aromatic nitrogens is 1. The molecule has 4 N–H and O–H groups in total. The molecule has 0 amide bonds. The number of nitrogens with zero attached hydrogens (tertiary/aromatic N) is 1. The van der Waals surface area contributed by atoms with Crippen LogP contribution in [0.4, 0.5) is 11.4 Å². The Balaban J connectivity index is 1.91. The number of nitrogen functional groups attached to an aromatic ring is 1. The Labute approximate surface area is 122 Å². The Morgan fingerprint density at radius 3 is 2.90 bits per heavy atom. The molecule has 2 aromatic rings. The zero-order valence-corrected chi connectivity index (χ0v) is 11.7. The Kier molecular flexibility index (Phi) is 3.32. The molecular weight excluding hydrogens is 293 g/mol. The standard InChI is InChI=1S/C12H12BN3O4S/c14-9-3-11(6-15-5-9)21(18,19)16-10-2-1-8-7-20-13(17)12(8)4-10/h1-6,16-17H,7,14H2. The lowest BCUT2D eigenvalue weighted by Gasteiger charge is -2.09. The number of fused-ring (bicyclic) bond motifs is 1. The number of anilines is 2. The van der Waals surface area contributed by atoms with Crippen LogP contribution in [-0.4, -0.2) is 25.5 Å². The second-order valence-electron chi connectivity index (χ2n) is 4.64. The Hall–Kier alpha value is -2.10. The number of pyridine rings is 1. The van der Waals surface area contributed by atoms with Crippen molar-refractivity contribution in [2.45, 2.75) is 11.5 Å². The van der Waals surface area contributed by atoms with E-state index in [9.17, 15) is 13.4 Å². The molecule has 0 saturated carbocycles. The molecular formula is C12H12BN3O4S. The Morgan fingerprint density at radius 2 is 2.14 bits per heavy atom. The van der Waals surface area contributed by atoms with Crippen molar-refractivity contribution >= 4 is 34.0 Å². The van der Waals surface area contributed by atoms with Gasteiger partial charge in [0.25, 0.3) is 10.0 Å². The molecule has 0 aliphatic carbocycles. The summed E-state index contributed by atoms with van der Waals surface area (Å²) >= 11 is 0. The normalized spacial score (nSPS) is 14.0. The van der Waals surface area contributed by atoms with Gasteiger partial charge >= 0.3 is 7.12 Å². The molecule has 7 nitrogen and oxygen atoms in total. The van der Waals surface area contributed by atoms with Crippen LogP contribution in [0.2, 0.25) is 0 Å². The number of sulfonamides is 1. The smallest absolute Gasteiger partial charge is 0.423 e. The van der Waals surface area contributed by atoms with Gasteiger partial charge in [-0.05, 0) is 29.2 Å². The fourth-order valence-corrected chi connectivity index (χ4v) is 3.12. The summed E-state index contributed by atoms with van der Waals surface area (Å²) in [5.74, 6) is 0. The molecule has 1 aromatic heterocycles. The zero-order valence-electron chi connectivity index (χ0n) is 10.9. The maximum atomic E-state index is 12.2. The minimum Gasteiger partial charge on any atom is -0.423 e. The van der Waals surface area contributed by atoms with Gasteiger partial charge < -0.3 is 15.4 Å². The lowest BCUT2D eigenvalue weighted by atomic mass is 9.79. The van der Waals surface area contributed by atoms with Crippen molar-refractivity contribution in [3.05, 3.63) is 42.2 Å². The van der Waals surface area contributed by atoms with Gasteiger partial charge in [-0.15, -0.1) is 0 Å². The second-order valence-corrected chi connectivity index (χ2v) is 6.32. The third kappa shape index (κ3) is 2.71. The lowest BCUT2D eigenvalue weighted by Crippen LogP contribution is -2.28. The van der Waals surface area contributed by atoms with E-state index < -0.39 is 17.1 Å². The molecule has 0 fully saturated rings. The van der Waals surface area contributed by atoms with E-state index in [1.165, 1.54) is 18.5 Å². The van der Waals surface area contributed by atoms with E-state index in [2.05, 4.69) is 9.71 Å². The van der Waals surface area contributed by atoms with Crippen molar-refractivity contribution in [3.8, 4) is 0 Å². The fourth-order valence-electron chi connectivity index (χ4n) is 2.07. The number of benzene rings is 1. The van der Waals surface area contributed by atoms with Gasteiger partial charge in [-0.1, -0.05) is 6.07 Å². The summed E-state index contributed by atoms with van der Waals surface area (Å²) < 4.78 is 32.0. The summed E-state index contributed by atoms with van der Waals surface area (Å²) in [6.07, 6.45) is 2.58. The second kappa shape index (κ2) is 5.03. The SMILES string of the molecule is Nc1cncc(S(=O)(=O)Nc2ccc3c(c2)B(O)OC3)c1. The van der Waals surface area contributed by atoms with Gasteiger partial charge in [0.1, 0.15) is 4.90 Å². The Bertz CT molecular complexity index is 797. The Morgan fingerprint density at radius 1 is 1.33 bits per heavy atom. The summed E-state index contributed by atoms with van der Waals surface area (Å²) in [5, 5.41) is 9.63. The average molecular weight is 305 g/mol. The summed E-state index contributed by atoms with van der Waals surface area (Å²) in [6.45, 7) is 0.308. The molecule has 21 heavy (non-hydrogen) atoms. The monoisotopic (exact) mass is 305 g/mol. The van der Waals surface area contributed by atoms with Gasteiger partial charge in [0.05, 0.1) is 12.3 Å². The summed E-state index contributed by atoms with van der Waals surface area (Å²) in [5.41, 5.74) is 7.52. The number of nitrogens with two attached hydrogens (primary N) is 1. The number of hydrogen-bond donors (Lipinski definition) is 3. The number of rotatable bonds is 3. The highest BCUT2D eigenvalue weighted by molar-refractivity contribution is 7.92. The maximum absolute atomic E-state index is 12.2. The molecule has 1 aliphatic heterocycles. The van der Waals surface area contributed by atoms with Crippen LogP contribution >= 0.6 is 0 Å². The zero-order chi connectivity index (χ0) is 15.0. The molecule has 0 bridgehead atoms. The summed E-state index contributed by atoms with van der Waals surface area (Å²) in [6, 6.07) is 6.18. The van der Waals surface area contributed by atoms with Crippen molar-refractivity contribution in [3.63, 3.8) is 0 Å². The minimum absolute atomic E-state index is 0.0280. The van der Waals surface area contributed by atoms with Gasteiger partial charge in [0.2, 0.25) is 0 Å². The van der Waals surface area contributed by atoms with Crippen LogP contribution in [0.1, 0.15) is 5.56 Å². The topological polar surface area (TPSA) is 115 Å². The highest BCUT2D eigenvalue weighted by Gasteiger charge is 2.27. The number of hydrogen-bond acceptors (Lipinski definition) is 6. The molecule has 0 unspecified atom stereocenters. The van der Waals surface area contributed by atoms with Gasteiger partial charge in [-0.25, -0.2) is 8.42 Å². The van der Waals surface area contributed by atoms with E-state index in [1.807, 2.05) is 0 Å². The van der Waals surface area contributed by atoms with Crippen molar-refractivity contribution < 1.29 is 18.1 Å². The molecule has 9 heteroatoms. The van der Waals surface area contributed by atoms with E-state index in [-0.39, 0.29) is 10.6 Å². The summed E-state index contributed by atoms with van der Waals surface area (Å²) in [4.78, 5) is 3.73. The van der Waals surface area contributed by atoms with Crippen LogP contribution in [0.15, 0.2) is 41.6 Å². The average Bonchev–Trinajstić information content (AvgIpc) is 2.80.